The largest absolute Gasteiger partial charge is 0.393 e. The zero-order valence-corrected chi connectivity index (χ0v) is 15.3. The van der Waals surface area contributed by atoms with Gasteiger partial charge >= 0.3 is 0 Å². The highest BCUT2D eigenvalue weighted by molar-refractivity contribution is 6.31. The molecule has 0 unspecified atom stereocenters. The minimum absolute atomic E-state index is 0.412. The topological polar surface area (TPSA) is 88.8 Å². The third-order valence-corrected chi connectivity index (χ3v) is 4.62. The summed E-state index contributed by atoms with van der Waals surface area (Å²) in [5, 5.41) is 8.13. The molecule has 0 fully saturated rings. The molecule has 0 aliphatic carbocycles. The van der Waals surface area contributed by atoms with Crippen molar-refractivity contribution in [2.75, 3.05) is 16.4 Å². The Bertz CT molecular complexity index is 1120. The van der Waals surface area contributed by atoms with E-state index in [1.165, 1.54) is 6.33 Å². The summed E-state index contributed by atoms with van der Waals surface area (Å²) >= 11 is 6.19. The van der Waals surface area contributed by atoms with E-state index in [1.54, 1.807) is 6.20 Å². The number of halogens is 1. The number of nitrogens with zero attached hydrogens (tertiary/aromatic N) is 3. The fourth-order valence-electron chi connectivity index (χ4n) is 2.74. The van der Waals surface area contributed by atoms with Crippen LogP contribution in [0.3, 0.4) is 0 Å². The van der Waals surface area contributed by atoms with E-state index in [0.29, 0.717) is 22.3 Å². The molecule has 4 aromatic rings. The molecule has 0 bridgehead atoms. The quantitative estimate of drug-likeness (QED) is 0.461. The van der Waals surface area contributed by atoms with Gasteiger partial charge in [0.15, 0.2) is 11.6 Å². The predicted molar refractivity (Wildman–Crippen MR) is 111 cm³/mol. The zero-order valence-electron chi connectivity index (χ0n) is 14.6. The number of benzene rings is 2. The van der Waals surface area contributed by atoms with Gasteiger partial charge < -0.3 is 16.4 Å². The van der Waals surface area contributed by atoms with Gasteiger partial charge in [0.05, 0.1) is 5.52 Å². The van der Waals surface area contributed by atoms with Crippen LogP contribution >= 0.6 is 11.6 Å². The second kappa shape index (κ2) is 7.09. The molecule has 7 heteroatoms. The molecule has 6 nitrogen and oxygen atoms in total. The lowest BCUT2D eigenvalue weighted by molar-refractivity contribution is 1.17. The summed E-state index contributed by atoms with van der Waals surface area (Å²) in [6, 6.07) is 15.4. The van der Waals surface area contributed by atoms with Crippen molar-refractivity contribution in [2.45, 2.75) is 6.92 Å². The molecular formula is C20H17ClN6. The van der Waals surface area contributed by atoms with Gasteiger partial charge in [0.2, 0.25) is 0 Å². The van der Waals surface area contributed by atoms with E-state index < -0.39 is 0 Å². The molecular weight excluding hydrogens is 360 g/mol. The minimum Gasteiger partial charge on any atom is -0.393 e. The molecule has 2 heterocycles. The van der Waals surface area contributed by atoms with Gasteiger partial charge in [-0.05, 0) is 48.9 Å². The summed E-state index contributed by atoms with van der Waals surface area (Å²) in [5.74, 6) is 1.02. The second-order valence-electron chi connectivity index (χ2n) is 6.07. The van der Waals surface area contributed by atoms with Gasteiger partial charge in [-0.25, -0.2) is 9.97 Å². The van der Waals surface area contributed by atoms with Crippen molar-refractivity contribution < 1.29 is 0 Å². The molecule has 0 aliphatic rings. The molecule has 0 saturated carbocycles. The Labute approximate surface area is 161 Å². The maximum Gasteiger partial charge on any atom is 0.159 e. The average Bonchev–Trinajstić information content (AvgIpc) is 2.68. The Balaban J connectivity index is 1.66. The number of anilines is 5. The summed E-state index contributed by atoms with van der Waals surface area (Å²) in [4.78, 5) is 12.9. The third-order valence-electron chi connectivity index (χ3n) is 4.22. The SMILES string of the molecule is Cc1ccc(Nc2ncnc(Nc3cccc4ncccc34)c2N)cc1Cl. The molecule has 0 radical (unpaired) electrons. The second-order valence-corrected chi connectivity index (χ2v) is 6.48. The Morgan fingerprint density at radius 2 is 1.74 bits per heavy atom. The summed E-state index contributed by atoms with van der Waals surface area (Å²) in [7, 11) is 0. The molecule has 0 amide bonds. The Kier molecular flexibility index (Phi) is 4.48. The van der Waals surface area contributed by atoms with Gasteiger partial charge in [0, 0.05) is 28.0 Å². The van der Waals surface area contributed by atoms with Gasteiger partial charge in [-0.3, -0.25) is 4.98 Å². The molecule has 0 saturated heterocycles. The maximum atomic E-state index is 6.29. The van der Waals surface area contributed by atoms with Crippen LogP contribution in [0, 0.1) is 6.92 Å². The first-order valence-electron chi connectivity index (χ1n) is 8.36. The van der Waals surface area contributed by atoms with Crippen LogP contribution in [0.5, 0.6) is 0 Å². The highest BCUT2D eigenvalue weighted by atomic mass is 35.5. The minimum atomic E-state index is 0.412. The fourth-order valence-corrected chi connectivity index (χ4v) is 2.92. The fraction of sp³-hybridized carbons (Fsp3) is 0.0500. The number of pyridine rings is 1. The van der Waals surface area contributed by atoms with Crippen LogP contribution in [-0.2, 0) is 0 Å². The maximum absolute atomic E-state index is 6.29. The Morgan fingerprint density at radius 3 is 2.56 bits per heavy atom. The standard InChI is InChI=1S/C20H17ClN6/c1-12-7-8-13(10-15(12)21)26-19-18(22)20(25-11-24-19)27-17-6-2-5-16-14(17)4-3-9-23-16/h2-11H,22H2,1H3,(H2,24,25,26,27). The van der Waals surface area contributed by atoms with Crippen molar-refractivity contribution in [2.24, 2.45) is 0 Å². The first-order chi connectivity index (χ1) is 13.1. The summed E-state index contributed by atoms with van der Waals surface area (Å²) < 4.78 is 0. The highest BCUT2D eigenvalue weighted by Gasteiger charge is 2.11. The summed E-state index contributed by atoms with van der Waals surface area (Å²) in [5.41, 5.74) is 10.3. The van der Waals surface area contributed by atoms with E-state index >= 15 is 0 Å². The number of nitrogens with two attached hydrogens (primary N) is 1. The van der Waals surface area contributed by atoms with Crippen molar-refractivity contribution in [3.8, 4) is 0 Å². The zero-order chi connectivity index (χ0) is 18.8. The van der Waals surface area contributed by atoms with Crippen LogP contribution in [0.2, 0.25) is 5.02 Å². The van der Waals surface area contributed by atoms with Crippen molar-refractivity contribution in [3.05, 3.63) is 71.6 Å². The molecule has 27 heavy (non-hydrogen) atoms. The first kappa shape index (κ1) is 17.1. The monoisotopic (exact) mass is 376 g/mol. The molecule has 2 aromatic carbocycles. The van der Waals surface area contributed by atoms with Gasteiger partial charge in [0.25, 0.3) is 0 Å². The highest BCUT2D eigenvalue weighted by Crippen LogP contribution is 2.31. The van der Waals surface area contributed by atoms with Crippen molar-refractivity contribution in [1.82, 2.24) is 15.0 Å². The van der Waals surface area contributed by atoms with E-state index in [9.17, 15) is 0 Å². The van der Waals surface area contributed by atoms with Crippen LogP contribution in [0.1, 0.15) is 5.56 Å². The number of nitrogen functional groups attached to an aromatic ring is 1. The van der Waals surface area contributed by atoms with E-state index in [-0.39, 0.29) is 0 Å². The van der Waals surface area contributed by atoms with E-state index in [1.807, 2.05) is 55.5 Å². The molecule has 0 atom stereocenters. The summed E-state index contributed by atoms with van der Waals surface area (Å²) in [6.07, 6.45) is 3.22. The predicted octanol–water partition coefficient (Wildman–Crippen LogP) is 5.06. The summed E-state index contributed by atoms with van der Waals surface area (Å²) in [6.45, 7) is 1.95. The number of aromatic nitrogens is 3. The number of hydrogen-bond acceptors (Lipinski definition) is 6. The van der Waals surface area contributed by atoms with Crippen LogP contribution < -0.4 is 16.4 Å². The van der Waals surface area contributed by atoms with Crippen molar-refractivity contribution >= 4 is 51.2 Å². The number of fused-ring (bicyclic) bond motifs is 1. The Hall–Kier alpha value is -3.38. The van der Waals surface area contributed by atoms with E-state index in [4.69, 9.17) is 17.3 Å². The van der Waals surface area contributed by atoms with Crippen LogP contribution in [0.15, 0.2) is 61.1 Å². The molecule has 134 valence electrons. The molecule has 0 spiro atoms. The van der Waals surface area contributed by atoms with Crippen molar-refractivity contribution in [3.63, 3.8) is 0 Å². The number of nitrogens with one attached hydrogen (secondary N) is 2. The van der Waals surface area contributed by atoms with Crippen LogP contribution in [0.25, 0.3) is 10.9 Å². The first-order valence-corrected chi connectivity index (χ1v) is 8.74. The normalized spacial score (nSPS) is 10.7. The van der Waals surface area contributed by atoms with Crippen molar-refractivity contribution in [1.29, 1.82) is 0 Å². The van der Waals surface area contributed by atoms with E-state index in [0.717, 1.165) is 27.8 Å². The number of rotatable bonds is 4. The van der Waals surface area contributed by atoms with Gasteiger partial charge in [-0.1, -0.05) is 23.7 Å². The Morgan fingerprint density at radius 1 is 0.926 bits per heavy atom. The smallest absolute Gasteiger partial charge is 0.159 e. The average molecular weight is 377 g/mol. The van der Waals surface area contributed by atoms with Crippen LogP contribution in [-0.4, -0.2) is 15.0 Å². The lowest BCUT2D eigenvalue weighted by atomic mass is 10.2. The number of hydrogen-bond donors (Lipinski definition) is 3. The van der Waals surface area contributed by atoms with Gasteiger partial charge in [-0.2, -0.15) is 0 Å². The third kappa shape index (κ3) is 3.47. The van der Waals surface area contributed by atoms with Gasteiger partial charge in [0.1, 0.15) is 12.0 Å². The van der Waals surface area contributed by atoms with Gasteiger partial charge in [-0.15, -0.1) is 0 Å². The molecule has 4 rings (SSSR count). The lowest BCUT2D eigenvalue weighted by Crippen LogP contribution is -2.05. The molecule has 2 aromatic heterocycles. The molecule has 4 N–H and O–H groups in total. The van der Waals surface area contributed by atoms with E-state index in [2.05, 4.69) is 25.6 Å². The molecule has 0 aliphatic heterocycles. The van der Waals surface area contributed by atoms with Crippen LogP contribution in [0.4, 0.5) is 28.7 Å². The lowest BCUT2D eigenvalue weighted by Gasteiger charge is -2.14. The number of aryl methyl sites for hydroxylation is 1.